The molecule has 11 heteroatoms. The summed E-state index contributed by atoms with van der Waals surface area (Å²) >= 11 is 1.84. The van der Waals surface area contributed by atoms with E-state index in [0.29, 0.717) is 12.1 Å². The molecule has 3 aromatic rings. The Kier molecular flexibility index (Phi) is 5.59. The van der Waals surface area contributed by atoms with Gasteiger partial charge in [0.15, 0.2) is 0 Å². The zero-order valence-electron chi connectivity index (χ0n) is 21.3. The molecule has 3 aliphatic heterocycles. The molecule has 0 saturated carbocycles. The molecule has 2 aromatic heterocycles. The highest BCUT2D eigenvalue weighted by Gasteiger charge is 2.37. The third kappa shape index (κ3) is 3.92. The number of rotatable bonds is 4. The maximum absolute atomic E-state index is 13.0. The number of hydrazine groups is 1. The summed E-state index contributed by atoms with van der Waals surface area (Å²) in [6.45, 7) is 7.04. The lowest BCUT2D eigenvalue weighted by Crippen LogP contribution is -2.56. The number of piperazine rings is 1. The lowest BCUT2D eigenvalue weighted by Gasteiger charge is -2.36. The highest BCUT2D eigenvalue weighted by atomic mass is 32.1. The van der Waals surface area contributed by atoms with Gasteiger partial charge in [-0.15, -0.1) is 11.3 Å². The van der Waals surface area contributed by atoms with Crippen molar-refractivity contribution >= 4 is 45.2 Å². The van der Waals surface area contributed by atoms with Gasteiger partial charge < -0.3 is 4.90 Å². The standard InChI is InChI=1S/C27H29N7O3S/c1-16-28-24(23-20-3-2-4-21(20)38-25(23)29-16)32-11-9-31(10-12-32)14-17-5-6-19-18(13-17)15-34(26(19)36)33-8-7-22(35)30-27(33)37/h5-6,13H,2-4,7-12,14-15H2,1H3,(H,30,35,37). The highest BCUT2D eigenvalue weighted by molar-refractivity contribution is 7.19. The van der Waals surface area contributed by atoms with Gasteiger partial charge in [0, 0.05) is 49.6 Å². The van der Waals surface area contributed by atoms with Crippen LogP contribution in [0, 0.1) is 6.92 Å². The van der Waals surface area contributed by atoms with Crippen LogP contribution in [0.25, 0.3) is 10.2 Å². The molecule has 0 bridgehead atoms. The van der Waals surface area contributed by atoms with E-state index in [1.807, 2.05) is 30.4 Å². The Morgan fingerprint density at radius 2 is 1.82 bits per heavy atom. The maximum Gasteiger partial charge on any atom is 0.342 e. The van der Waals surface area contributed by atoms with Gasteiger partial charge in [0.05, 0.1) is 18.5 Å². The molecule has 196 valence electrons. The van der Waals surface area contributed by atoms with E-state index >= 15 is 0 Å². The van der Waals surface area contributed by atoms with Gasteiger partial charge in [-0.1, -0.05) is 12.1 Å². The molecule has 1 aromatic carbocycles. The van der Waals surface area contributed by atoms with Gasteiger partial charge in [-0.2, -0.15) is 0 Å². The molecular weight excluding hydrogens is 502 g/mol. The number of hydrogen-bond donors (Lipinski definition) is 1. The first-order valence-corrected chi connectivity index (χ1v) is 14.1. The SMILES string of the molecule is Cc1nc(N2CCN(Cc3ccc4c(c3)CN(N3CCC(=O)NC3=O)C4=O)CC2)c2c3c(sc2n1)CCC3. The topological polar surface area (TPSA) is 102 Å². The van der Waals surface area contributed by atoms with E-state index in [2.05, 4.69) is 21.2 Å². The van der Waals surface area contributed by atoms with E-state index in [-0.39, 0.29) is 24.8 Å². The lowest BCUT2D eigenvalue weighted by molar-refractivity contribution is -0.123. The molecule has 2 fully saturated rings. The largest absolute Gasteiger partial charge is 0.353 e. The second-order valence-corrected chi connectivity index (χ2v) is 11.6. The Bertz CT molecular complexity index is 1490. The monoisotopic (exact) mass is 531 g/mol. The fourth-order valence-corrected chi connectivity index (χ4v) is 7.42. The Morgan fingerprint density at radius 1 is 0.974 bits per heavy atom. The number of carbonyl (C=O) groups excluding carboxylic acids is 3. The van der Waals surface area contributed by atoms with E-state index < -0.39 is 6.03 Å². The van der Waals surface area contributed by atoms with Crippen LogP contribution < -0.4 is 10.2 Å². The minimum atomic E-state index is -0.538. The van der Waals surface area contributed by atoms with Crippen molar-refractivity contribution in [1.82, 2.24) is 30.2 Å². The first-order valence-electron chi connectivity index (χ1n) is 13.3. The number of nitrogens with one attached hydrogen (secondary N) is 1. The molecule has 0 radical (unpaired) electrons. The van der Waals surface area contributed by atoms with E-state index in [1.54, 1.807) is 0 Å². The number of carbonyl (C=O) groups is 3. The molecule has 0 atom stereocenters. The number of imide groups is 1. The van der Waals surface area contributed by atoms with Crippen LogP contribution in [0.1, 0.15) is 50.6 Å². The van der Waals surface area contributed by atoms with Gasteiger partial charge in [-0.05, 0) is 48.9 Å². The molecule has 4 aliphatic rings. The van der Waals surface area contributed by atoms with Crippen LogP contribution in [-0.2, 0) is 30.7 Å². The number of aryl methyl sites for hydroxylation is 3. The number of benzene rings is 1. The minimum absolute atomic E-state index is 0.193. The molecule has 1 N–H and O–H groups in total. The van der Waals surface area contributed by atoms with Crippen LogP contribution in [0.3, 0.4) is 0 Å². The zero-order valence-corrected chi connectivity index (χ0v) is 22.1. The lowest BCUT2D eigenvalue weighted by atomic mass is 10.1. The zero-order chi connectivity index (χ0) is 26.0. The molecule has 1 aliphatic carbocycles. The minimum Gasteiger partial charge on any atom is -0.353 e. The van der Waals surface area contributed by atoms with Crippen LogP contribution in [0.15, 0.2) is 18.2 Å². The second-order valence-electron chi connectivity index (χ2n) is 10.5. The normalized spacial score (nSPS) is 19.9. The summed E-state index contributed by atoms with van der Waals surface area (Å²) in [7, 11) is 0. The highest BCUT2D eigenvalue weighted by Crippen LogP contribution is 2.40. The predicted octanol–water partition coefficient (Wildman–Crippen LogP) is 2.62. The smallest absolute Gasteiger partial charge is 0.342 e. The molecule has 10 nitrogen and oxygen atoms in total. The van der Waals surface area contributed by atoms with Crippen molar-refractivity contribution in [3.8, 4) is 0 Å². The summed E-state index contributed by atoms with van der Waals surface area (Å²) in [6, 6.07) is 5.43. The third-order valence-electron chi connectivity index (χ3n) is 8.01. The number of thiophene rings is 1. The summed E-state index contributed by atoms with van der Waals surface area (Å²) in [5.41, 5.74) is 4.16. The summed E-state index contributed by atoms with van der Waals surface area (Å²) in [4.78, 5) is 53.9. The number of hydrogen-bond acceptors (Lipinski definition) is 8. The fraction of sp³-hybridized carbons (Fsp3) is 0.444. The van der Waals surface area contributed by atoms with E-state index in [0.717, 1.165) is 73.2 Å². The van der Waals surface area contributed by atoms with Crippen LogP contribution in [0.5, 0.6) is 0 Å². The van der Waals surface area contributed by atoms with Crippen molar-refractivity contribution < 1.29 is 14.4 Å². The summed E-state index contributed by atoms with van der Waals surface area (Å²) in [6.07, 6.45) is 3.72. The van der Waals surface area contributed by atoms with Crippen molar-refractivity contribution in [2.45, 2.75) is 45.7 Å². The van der Waals surface area contributed by atoms with Gasteiger partial charge in [-0.25, -0.2) is 24.8 Å². The quantitative estimate of drug-likeness (QED) is 0.552. The summed E-state index contributed by atoms with van der Waals surface area (Å²) < 4.78 is 0. The van der Waals surface area contributed by atoms with Gasteiger partial charge >= 0.3 is 6.03 Å². The third-order valence-corrected chi connectivity index (χ3v) is 9.20. The Hall–Kier alpha value is -3.57. The Labute approximate surface area is 224 Å². The number of amides is 4. The van der Waals surface area contributed by atoms with Crippen LogP contribution in [0.2, 0.25) is 0 Å². The van der Waals surface area contributed by atoms with Gasteiger partial charge in [-0.3, -0.25) is 19.8 Å². The first-order chi connectivity index (χ1) is 18.4. The Morgan fingerprint density at radius 3 is 2.63 bits per heavy atom. The van der Waals surface area contributed by atoms with Crippen molar-refractivity contribution in [3.63, 3.8) is 0 Å². The molecule has 4 amide bonds. The van der Waals surface area contributed by atoms with E-state index in [4.69, 9.17) is 9.97 Å². The number of anilines is 1. The molecule has 2 saturated heterocycles. The average Bonchev–Trinajstić information content (AvgIpc) is 3.57. The number of nitrogens with zero attached hydrogens (tertiary/aromatic N) is 6. The van der Waals surface area contributed by atoms with Crippen molar-refractivity contribution in [2.75, 3.05) is 37.6 Å². The van der Waals surface area contributed by atoms with Crippen molar-refractivity contribution in [2.24, 2.45) is 0 Å². The molecule has 7 rings (SSSR count). The molecular formula is C27H29N7O3S. The second kappa shape index (κ2) is 9.02. The number of fused-ring (bicyclic) bond motifs is 4. The van der Waals surface area contributed by atoms with Crippen LogP contribution in [-0.4, -0.2) is 75.5 Å². The van der Waals surface area contributed by atoms with Gasteiger partial charge in [0.1, 0.15) is 16.5 Å². The van der Waals surface area contributed by atoms with E-state index in [9.17, 15) is 14.4 Å². The predicted molar refractivity (Wildman–Crippen MR) is 143 cm³/mol. The number of aromatic nitrogens is 2. The molecule has 0 spiro atoms. The summed E-state index contributed by atoms with van der Waals surface area (Å²) in [5.74, 6) is 1.43. The van der Waals surface area contributed by atoms with Gasteiger partial charge in [0.2, 0.25) is 5.91 Å². The van der Waals surface area contributed by atoms with Crippen molar-refractivity contribution in [3.05, 3.63) is 51.2 Å². The van der Waals surface area contributed by atoms with Gasteiger partial charge in [0.25, 0.3) is 5.91 Å². The average molecular weight is 532 g/mol. The number of urea groups is 1. The molecule has 38 heavy (non-hydrogen) atoms. The van der Waals surface area contributed by atoms with Crippen LogP contribution >= 0.6 is 11.3 Å². The van der Waals surface area contributed by atoms with Crippen LogP contribution in [0.4, 0.5) is 10.6 Å². The van der Waals surface area contributed by atoms with Crippen molar-refractivity contribution in [1.29, 1.82) is 0 Å². The maximum atomic E-state index is 13.0. The Balaban J connectivity index is 1.03. The van der Waals surface area contributed by atoms with E-state index in [1.165, 1.54) is 32.3 Å². The fourth-order valence-electron chi connectivity index (χ4n) is 6.12. The summed E-state index contributed by atoms with van der Waals surface area (Å²) in [5, 5.41) is 6.36. The first kappa shape index (κ1) is 23.5. The molecule has 0 unspecified atom stereocenters. The molecule has 5 heterocycles.